The predicted octanol–water partition coefficient (Wildman–Crippen LogP) is 6.94. The van der Waals surface area contributed by atoms with Gasteiger partial charge in [0, 0.05) is 44.6 Å². The van der Waals surface area contributed by atoms with E-state index in [9.17, 15) is 14.0 Å². The van der Waals surface area contributed by atoms with Crippen molar-refractivity contribution < 1.29 is 14.0 Å². The molecule has 5 aromatic rings. The Morgan fingerprint density at radius 1 is 0.806 bits per heavy atom. The Hall–Kier alpha value is -4.10. The van der Waals surface area contributed by atoms with Crippen LogP contribution in [0, 0.1) is 5.82 Å². The lowest BCUT2D eigenvalue weighted by atomic mass is 10.1. The maximum Gasteiger partial charge on any atom is 0.258 e. The third kappa shape index (κ3) is 4.83. The first kappa shape index (κ1) is 23.6. The monoisotopic (exact) mass is 497 g/mol. The summed E-state index contributed by atoms with van der Waals surface area (Å²) in [5.74, 6) is -0.929. The van der Waals surface area contributed by atoms with Gasteiger partial charge in [0.05, 0.1) is 11.3 Å². The quantitative estimate of drug-likeness (QED) is 0.240. The van der Waals surface area contributed by atoms with Crippen LogP contribution in [-0.2, 0) is 11.3 Å². The molecule has 1 heterocycles. The topological polar surface area (TPSA) is 63.1 Å². The number of anilines is 2. The van der Waals surface area contributed by atoms with Gasteiger partial charge in [0.1, 0.15) is 5.82 Å². The molecule has 7 heteroatoms. The minimum atomic E-state index is -0.566. The fraction of sp³-hybridized carbons (Fsp3) is 0.103. The summed E-state index contributed by atoms with van der Waals surface area (Å²) in [6.45, 7) is 3.00. The number of benzene rings is 4. The highest BCUT2D eigenvalue weighted by Gasteiger charge is 2.12. The summed E-state index contributed by atoms with van der Waals surface area (Å²) in [5.41, 5.74) is 3.64. The van der Waals surface area contributed by atoms with Crippen molar-refractivity contribution in [2.75, 3.05) is 16.4 Å². The number of fused-ring (bicyclic) bond motifs is 3. The average Bonchev–Trinajstić information content (AvgIpc) is 3.21. The van der Waals surface area contributed by atoms with Gasteiger partial charge in [-0.3, -0.25) is 9.59 Å². The number of carbonyl (C=O) groups excluding carboxylic acids is 2. The molecule has 0 radical (unpaired) electrons. The van der Waals surface area contributed by atoms with Gasteiger partial charge >= 0.3 is 0 Å². The lowest BCUT2D eigenvalue weighted by molar-refractivity contribution is -0.113. The van der Waals surface area contributed by atoms with Gasteiger partial charge in [0.15, 0.2) is 0 Å². The van der Waals surface area contributed by atoms with E-state index in [2.05, 4.69) is 40.3 Å². The van der Waals surface area contributed by atoms with Crippen molar-refractivity contribution in [2.45, 2.75) is 18.4 Å². The number of aryl methyl sites for hydroxylation is 1. The molecule has 1 aromatic heterocycles. The Balaban J connectivity index is 1.21. The van der Waals surface area contributed by atoms with Crippen molar-refractivity contribution in [1.82, 2.24) is 4.57 Å². The zero-order valence-electron chi connectivity index (χ0n) is 19.6. The van der Waals surface area contributed by atoms with Gasteiger partial charge in [-0.2, -0.15) is 0 Å². The summed E-state index contributed by atoms with van der Waals surface area (Å²) in [5, 5.41) is 7.97. The van der Waals surface area contributed by atoms with Crippen LogP contribution in [0.5, 0.6) is 0 Å². The number of amides is 2. The Kier molecular flexibility index (Phi) is 6.73. The fourth-order valence-electron chi connectivity index (χ4n) is 4.30. The maximum absolute atomic E-state index is 13.8. The molecule has 0 saturated carbocycles. The summed E-state index contributed by atoms with van der Waals surface area (Å²) in [7, 11) is 0. The Bertz CT molecular complexity index is 1580. The Morgan fingerprint density at radius 3 is 2.28 bits per heavy atom. The third-order valence-electron chi connectivity index (χ3n) is 5.97. The van der Waals surface area contributed by atoms with Crippen LogP contribution in [0.2, 0.25) is 0 Å². The summed E-state index contributed by atoms with van der Waals surface area (Å²) in [6.07, 6.45) is 0. The largest absolute Gasteiger partial charge is 0.341 e. The first-order chi connectivity index (χ1) is 17.5. The molecule has 0 bridgehead atoms. The van der Waals surface area contributed by atoms with Crippen LogP contribution < -0.4 is 10.6 Å². The minimum absolute atomic E-state index is 0.00920. The van der Waals surface area contributed by atoms with Crippen LogP contribution in [0.3, 0.4) is 0 Å². The van der Waals surface area contributed by atoms with Gasteiger partial charge in [-0.1, -0.05) is 30.3 Å². The van der Waals surface area contributed by atoms with Crippen molar-refractivity contribution in [3.63, 3.8) is 0 Å². The molecule has 180 valence electrons. The van der Waals surface area contributed by atoms with Crippen LogP contribution in [0.25, 0.3) is 21.8 Å². The lowest BCUT2D eigenvalue weighted by Gasteiger charge is -2.08. The number of hydrogen-bond donors (Lipinski definition) is 2. The van der Waals surface area contributed by atoms with Gasteiger partial charge in [0.25, 0.3) is 5.91 Å². The standard InChI is InChI=1S/C29H24FN3O2S/c1-2-33-26-10-6-4-7-22(26)24-17-20(13-16-27(24)33)31-28(34)18-36-21-14-11-19(12-15-21)32-29(35)23-8-3-5-9-25(23)30/h3-17H,2,18H2,1H3,(H,31,34)(H,32,35). The number of nitrogens with zero attached hydrogens (tertiary/aromatic N) is 1. The van der Waals surface area contributed by atoms with Gasteiger partial charge in [-0.05, 0) is 67.6 Å². The van der Waals surface area contributed by atoms with E-state index in [1.807, 2.05) is 36.4 Å². The molecule has 0 unspecified atom stereocenters. The Labute approximate surface area is 212 Å². The number of rotatable bonds is 7. The smallest absolute Gasteiger partial charge is 0.258 e. The number of aromatic nitrogens is 1. The van der Waals surface area contributed by atoms with Crippen molar-refractivity contribution in [1.29, 1.82) is 0 Å². The molecule has 36 heavy (non-hydrogen) atoms. The zero-order valence-corrected chi connectivity index (χ0v) is 20.4. The summed E-state index contributed by atoms with van der Waals surface area (Å²) >= 11 is 1.40. The molecule has 0 aliphatic heterocycles. The number of nitrogens with one attached hydrogen (secondary N) is 2. The van der Waals surface area contributed by atoms with Crippen molar-refractivity contribution in [3.8, 4) is 0 Å². The highest BCUT2D eigenvalue weighted by Crippen LogP contribution is 2.31. The molecule has 0 aliphatic carbocycles. The van der Waals surface area contributed by atoms with Crippen molar-refractivity contribution in [2.24, 2.45) is 0 Å². The van der Waals surface area contributed by atoms with E-state index in [4.69, 9.17) is 0 Å². The maximum atomic E-state index is 13.8. The van der Waals surface area contributed by atoms with E-state index in [1.165, 1.54) is 40.9 Å². The lowest BCUT2D eigenvalue weighted by Crippen LogP contribution is -2.14. The fourth-order valence-corrected chi connectivity index (χ4v) is 4.99. The van der Waals surface area contributed by atoms with Crippen LogP contribution in [0.15, 0.2) is 95.9 Å². The molecule has 2 amide bonds. The number of para-hydroxylation sites is 1. The molecule has 0 atom stereocenters. The number of thioether (sulfide) groups is 1. The second kappa shape index (κ2) is 10.3. The average molecular weight is 498 g/mol. The van der Waals surface area contributed by atoms with Gasteiger partial charge in [-0.15, -0.1) is 11.8 Å². The molecular formula is C29H24FN3O2S. The summed E-state index contributed by atoms with van der Waals surface area (Å²) in [6, 6.07) is 27.2. The van der Waals surface area contributed by atoms with E-state index in [0.717, 1.165) is 28.0 Å². The van der Waals surface area contributed by atoms with Crippen molar-refractivity contribution >= 4 is 56.8 Å². The normalized spacial score (nSPS) is 11.1. The predicted molar refractivity (Wildman–Crippen MR) is 145 cm³/mol. The van der Waals surface area contributed by atoms with E-state index < -0.39 is 11.7 Å². The number of halogens is 1. The second-order valence-electron chi connectivity index (χ2n) is 8.29. The first-order valence-corrected chi connectivity index (χ1v) is 12.6. The molecule has 2 N–H and O–H groups in total. The van der Waals surface area contributed by atoms with E-state index >= 15 is 0 Å². The first-order valence-electron chi connectivity index (χ1n) is 11.6. The van der Waals surface area contributed by atoms with Crippen LogP contribution in [-0.4, -0.2) is 22.1 Å². The molecule has 5 nitrogen and oxygen atoms in total. The van der Waals surface area contributed by atoms with Gasteiger partial charge in [-0.25, -0.2) is 4.39 Å². The van der Waals surface area contributed by atoms with E-state index in [1.54, 1.807) is 18.2 Å². The molecular weight excluding hydrogens is 473 g/mol. The molecule has 0 fully saturated rings. The third-order valence-corrected chi connectivity index (χ3v) is 6.98. The number of hydrogen-bond acceptors (Lipinski definition) is 3. The summed E-state index contributed by atoms with van der Waals surface area (Å²) in [4.78, 5) is 25.8. The molecule has 0 spiro atoms. The molecule has 0 saturated heterocycles. The molecule has 0 aliphatic rings. The second-order valence-corrected chi connectivity index (χ2v) is 9.34. The minimum Gasteiger partial charge on any atom is -0.341 e. The van der Waals surface area contributed by atoms with Crippen LogP contribution in [0.4, 0.5) is 15.8 Å². The molecule has 4 aromatic carbocycles. The van der Waals surface area contributed by atoms with Crippen LogP contribution >= 0.6 is 11.8 Å². The van der Waals surface area contributed by atoms with E-state index in [0.29, 0.717) is 5.69 Å². The van der Waals surface area contributed by atoms with Crippen LogP contribution in [0.1, 0.15) is 17.3 Å². The SMILES string of the molecule is CCn1c2ccccc2c2cc(NC(=O)CSc3ccc(NC(=O)c4ccccc4F)cc3)ccc21. The Morgan fingerprint density at radius 2 is 1.50 bits per heavy atom. The summed E-state index contributed by atoms with van der Waals surface area (Å²) < 4.78 is 16.1. The van der Waals surface area contributed by atoms with Gasteiger partial charge < -0.3 is 15.2 Å². The number of carbonyl (C=O) groups is 2. The highest BCUT2D eigenvalue weighted by molar-refractivity contribution is 8.00. The van der Waals surface area contributed by atoms with Crippen molar-refractivity contribution in [3.05, 3.63) is 102 Å². The van der Waals surface area contributed by atoms with Gasteiger partial charge in [0.2, 0.25) is 5.91 Å². The van der Waals surface area contributed by atoms with E-state index in [-0.39, 0.29) is 17.2 Å². The molecule has 5 rings (SSSR count). The highest BCUT2D eigenvalue weighted by atomic mass is 32.2. The zero-order chi connectivity index (χ0) is 25.1.